The number of fused-ring (bicyclic) bond motifs is 1. The van der Waals surface area contributed by atoms with Crippen LogP contribution in [0.5, 0.6) is 0 Å². The van der Waals surface area contributed by atoms with Gasteiger partial charge in [0.05, 0.1) is 4.90 Å². The predicted molar refractivity (Wildman–Crippen MR) is 114 cm³/mol. The van der Waals surface area contributed by atoms with Crippen molar-refractivity contribution in [3.05, 3.63) is 65.4 Å². The fourth-order valence-electron chi connectivity index (χ4n) is 3.30. The molecule has 1 aromatic heterocycles. The largest absolute Gasteiger partial charge is 0.361 e. The van der Waals surface area contributed by atoms with E-state index >= 15 is 0 Å². The maximum atomic E-state index is 11.7. The van der Waals surface area contributed by atoms with Gasteiger partial charge in [0.15, 0.2) is 15.8 Å². The summed E-state index contributed by atoms with van der Waals surface area (Å²) in [5.74, 6) is 0.713. The molecule has 0 saturated heterocycles. The molecule has 0 atom stereocenters. The molecule has 0 saturated carbocycles. The van der Waals surface area contributed by atoms with Crippen LogP contribution >= 0.6 is 0 Å². The molecule has 0 unspecified atom stereocenters. The molecule has 0 aliphatic heterocycles. The van der Waals surface area contributed by atoms with Gasteiger partial charge >= 0.3 is 0 Å². The van der Waals surface area contributed by atoms with Crippen LogP contribution in [0.1, 0.15) is 16.7 Å². The number of H-pyrrole nitrogens is 1. The molecule has 7 heteroatoms. The molecule has 28 heavy (non-hydrogen) atoms. The van der Waals surface area contributed by atoms with Crippen LogP contribution in [-0.4, -0.2) is 39.2 Å². The van der Waals surface area contributed by atoms with E-state index in [1.54, 1.807) is 13.1 Å². The fourth-order valence-corrected chi connectivity index (χ4v) is 4.26. The molecule has 0 spiro atoms. The highest BCUT2D eigenvalue weighted by Crippen LogP contribution is 2.18. The molecule has 0 fully saturated rings. The lowest BCUT2D eigenvalue weighted by molar-refractivity contribution is 0.601. The zero-order valence-corrected chi connectivity index (χ0v) is 17.2. The number of aromatic amines is 1. The summed E-state index contributed by atoms with van der Waals surface area (Å²) >= 11 is 0. The van der Waals surface area contributed by atoms with Gasteiger partial charge in [-0.2, -0.15) is 0 Å². The van der Waals surface area contributed by atoms with Crippen molar-refractivity contribution >= 4 is 26.7 Å². The zero-order chi connectivity index (χ0) is 20.1. The summed E-state index contributed by atoms with van der Waals surface area (Å²) in [7, 11) is -1.46. The Balaban J connectivity index is 1.54. The number of para-hydroxylation sites is 1. The second-order valence-corrected chi connectivity index (χ2v) is 8.82. The smallest absolute Gasteiger partial charge is 0.191 e. The van der Waals surface area contributed by atoms with E-state index in [2.05, 4.69) is 38.9 Å². The van der Waals surface area contributed by atoms with E-state index in [1.165, 1.54) is 17.2 Å². The summed E-state index contributed by atoms with van der Waals surface area (Å²) < 4.78 is 23.5. The van der Waals surface area contributed by atoms with Crippen molar-refractivity contribution in [2.24, 2.45) is 4.99 Å². The maximum Gasteiger partial charge on any atom is 0.191 e. The van der Waals surface area contributed by atoms with Crippen molar-refractivity contribution in [3.63, 3.8) is 0 Å². The molecule has 3 rings (SSSR count). The van der Waals surface area contributed by atoms with Gasteiger partial charge in [0.1, 0.15) is 0 Å². The Hall–Kier alpha value is -2.80. The summed E-state index contributed by atoms with van der Waals surface area (Å²) in [4.78, 5) is 7.92. The molecule has 3 aromatic rings. The van der Waals surface area contributed by atoms with Gasteiger partial charge < -0.3 is 15.6 Å². The van der Waals surface area contributed by atoms with Crippen LogP contribution in [0.4, 0.5) is 0 Å². The SMILES string of the molecule is CN=C(NCCc1c[nH]c2ccccc12)NCc1ccc(S(C)(=O)=O)c(C)c1. The van der Waals surface area contributed by atoms with Crippen molar-refractivity contribution < 1.29 is 8.42 Å². The lowest BCUT2D eigenvalue weighted by Crippen LogP contribution is -2.37. The number of sulfone groups is 1. The number of rotatable bonds is 6. The van der Waals surface area contributed by atoms with Crippen molar-refractivity contribution in [1.82, 2.24) is 15.6 Å². The molecule has 2 aromatic carbocycles. The average Bonchev–Trinajstić information content (AvgIpc) is 3.06. The van der Waals surface area contributed by atoms with Crippen molar-refractivity contribution in [2.45, 2.75) is 24.8 Å². The first-order valence-electron chi connectivity index (χ1n) is 9.17. The van der Waals surface area contributed by atoms with Crippen LogP contribution in [0.2, 0.25) is 0 Å². The molecule has 0 amide bonds. The van der Waals surface area contributed by atoms with Gasteiger partial charge in [0, 0.05) is 43.5 Å². The van der Waals surface area contributed by atoms with Crippen LogP contribution in [0, 0.1) is 6.92 Å². The van der Waals surface area contributed by atoms with Gasteiger partial charge in [-0.05, 0) is 42.2 Å². The third-order valence-electron chi connectivity index (χ3n) is 4.68. The van der Waals surface area contributed by atoms with Crippen LogP contribution in [0.15, 0.2) is 58.5 Å². The lowest BCUT2D eigenvalue weighted by Gasteiger charge is -2.13. The first-order valence-corrected chi connectivity index (χ1v) is 11.1. The highest BCUT2D eigenvalue weighted by Gasteiger charge is 2.11. The molecule has 148 valence electrons. The van der Waals surface area contributed by atoms with Crippen molar-refractivity contribution in [3.8, 4) is 0 Å². The molecule has 0 aliphatic rings. The van der Waals surface area contributed by atoms with Gasteiger partial charge in [-0.1, -0.05) is 30.3 Å². The highest BCUT2D eigenvalue weighted by atomic mass is 32.2. The van der Waals surface area contributed by atoms with Crippen LogP contribution < -0.4 is 10.6 Å². The van der Waals surface area contributed by atoms with Gasteiger partial charge in [0.2, 0.25) is 0 Å². The summed E-state index contributed by atoms with van der Waals surface area (Å²) in [5.41, 5.74) is 4.17. The Morgan fingerprint density at radius 1 is 1.14 bits per heavy atom. The van der Waals surface area contributed by atoms with Crippen molar-refractivity contribution in [1.29, 1.82) is 0 Å². The molecule has 0 aliphatic carbocycles. The van der Waals surface area contributed by atoms with E-state index in [-0.39, 0.29) is 0 Å². The fraction of sp³-hybridized carbons (Fsp3) is 0.286. The molecule has 6 nitrogen and oxygen atoms in total. The highest BCUT2D eigenvalue weighted by molar-refractivity contribution is 7.90. The van der Waals surface area contributed by atoms with Crippen LogP contribution in [0.3, 0.4) is 0 Å². The van der Waals surface area contributed by atoms with Gasteiger partial charge in [0.25, 0.3) is 0 Å². The van der Waals surface area contributed by atoms with E-state index in [4.69, 9.17) is 0 Å². The molecular formula is C21H26N4O2S. The zero-order valence-electron chi connectivity index (χ0n) is 16.4. The van der Waals surface area contributed by atoms with Gasteiger partial charge in [-0.15, -0.1) is 0 Å². The minimum Gasteiger partial charge on any atom is -0.361 e. The van der Waals surface area contributed by atoms with E-state index < -0.39 is 9.84 Å². The van der Waals surface area contributed by atoms with E-state index in [0.717, 1.165) is 29.6 Å². The number of aryl methyl sites for hydroxylation is 1. The lowest BCUT2D eigenvalue weighted by atomic mass is 10.1. The van der Waals surface area contributed by atoms with Crippen LogP contribution in [0.25, 0.3) is 10.9 Å². The Morgan fingerprint density at radius 2 is 1.93 bits per heavy atom. The number of aliphatic imine (C=N–C) groups is 1. The molecule has 0 radical (unpaired) electrons. The number of aromatic nitrogens is 1. The maximum absolute atomic E-state index is 11.7. The molecule has 1 heterocycles. The first-order chi connectivity index (χ1) is 13.4. The Bertz CT molecular complexity index is 1100. The standard InChI is InChI=1S/C21H26N4O2S/c1-15-12-16(8-9-20(15)28(3,26)27)13-25-21(22-2)23-11-10-17-14-24-19-7-5-4-6-18(17)19/h4-9,12,14,24H,10-11,13H2,1-3H3,(H2,22,23,25). The molecule has 3 N–H and O–H groups in total. The first kappa shape index (κ1) is 19.9. The van der Waals surface area contributed by atoms with E-state index in [1.807, 2.05) is 31.2 Å². The van der Waals surface area contributed by atoms with Crippen molar-refractivity contribution in [2.75, 3.05) is 19.8 Å². The third-order valence-corrected chi connectivity index (χ3v) is 5.94. The van der Waals surface area contributed by atoms with E-state index in [9.17, 15) is 8.42 Å². The number of guanidine groups is 1. The monoisotopic (exact) mass is 398 g/mol. The summed E-state index contributed by atoms with van der Waals surface area (Å²) in [5, 5.41) is 7.84. The Kier molecular flexibility index (Phi) is 6.04. The van der Waals surface area contributed by atoms with Gasteiger partial charge in [-0.25, -0.2) is 8.42 Å². The number of hydrogen-bond acceptors (Lipinski definition) is 3. The van der Waals surface area contributed by atoms with Crippen LogP contribution in [-0.2, 0) is 22.8 Å². The van der Waals surface area contributed by atoms with E-state index in [0.29, 0.717) is 17.4 Å². The second-order valence-electron chi connectivity index (χ2n) is 6.83. The molecule has 0 bridgehead atoms. The summed E-state index contributed by atoms with van der Waals surface area (Å²) in [6.45, 7) is 3.14. The normalized spacial score (nSPS) is 12.3. The Labute approximate surface area is 166 Å². The third kappa shape index (κ3) is 4.72. The summed E-state index contributed by atoms with van der Waals surface area (Å²) in [6.07, 6.45) is 4.16. The summed E-state index contributed by atoms with van der Waals surface area (Å²) in [6, 6.07) is 13.6. The average molecular weight is 399 g/mol. The number of nitrogens with one attached hydrogen (secondary N) is 3. The minimum absolute atomic E-state index is 0.373. The topological polar surface area (TPSA) is 86.3 Å². The predicted octanol–water partition coefficient (Wildman–Crippen LogP) is 2.79. The quantitative estimate of drug-likeness (QED) is 0.440. The molecular weight excluding hydrogens is 372 g/mol. The number of hydrogen-bond donors (Lipinski definition) is 3. The number of benzene rings is 2. The Morgan fingerprint density at radius 3 is 2.64 bits per heavy atom. The van der Waals surface area contributed by atoms with Gasteiger partial charge in [-0.3, -0.25) is 4.99 Å². The number of nitrogens with zero attached hydrogens (tertiary/aromatic N) is 1. The second kappa shape index (κ2) is 8.48. The minimum atomic E-state index is -3.19.